The topological polar surface area (TPSA) is 65.4 Å². The van der Waals surface area contributed by atoms with Crippen LogP contribution in [0, 0.1) is 0 Å². The molecule has 1 aromatic carbocycles. The molecule has 0 unspecified atom stereocenters. The fraction of sp³-hybridized carbons (Fsp3) is 0.500. The molecule has 0 bridgehead atoms. The van der Waals surface area contributed by atoms with Crippen LogP contribution in [0.4, 0.5) is 0 Å². The maximum atomic E-state index is 12.4. The van der Waals surface area contributed by atoms with Gasteiger partial charge in [0.1, 0.15) is 5.82 Å². The van der Waals surface area contributed by atoms with Crippen LogP contribution < -0.4 is 5.32 Å². The van der Waals surface area contributed by atoms with E-state index in [0.717, 1.165) is 24.2 Å². The molecular formula is C20H27N3O3. The van der Waals surface area contributed by atoms with Gasteiger partial charge in [0.25, 0.3) is 0 Å². The monoisotopic (exact) mass is 357 g/mol. The summed E-state index contributed by atoms with van der Waals surface area (Å²) in [4.78, 5) is 16.7. The van der Waals surface area contributed by atoms with E-state index in [0.29, 0.717) is 32.8 Å². The Balaban J connectivity index is 1.48. The van der Waals surface area contributed by atoms with Gasteiger partial charge in [-0.15, -0.1) is 0 Å². The van der Waals surface area contributed by atoms with E-state index in [4.69, 9.17) is 9.47 Å². The molecule has 26 heavy (non-hydrogen) atoms. The summed E-state index contributed by atoms with van der Waals surface area (Å²) in [5.74, 6) is 1.02. The molecule has 1 aromatic heterocycles. The number of hydrogen-bond acceptors (Lipinski definition) is 4. The first-order valence-electron chi connectivity index (χ1n) is 9.29. The highest BCUT2D eigenvalue weighted by Gasteiger charge is 2.27. The maximum absolute atomic E-state index is 12.4. The molecule has 0 saturated carbocycles. The van der Waals surface area contributed by atoms with Crippen LogP contribution in [0.2, 0.25) is 0 Å². The Morgan fingerprint density at radius 1 is 1.38 bits per heavy atom. The molecule has 2 atom stereocenters. The zero-order valence-electron chi connectivity index (χ0n) is 15.3. The Labute approximate surface area is 154 Å². The third-order valence-electron chi connectivity index (χ3n) is 4.64. The summed E-state index contributed by atoms with van der Waals surface area (Å²) in [5, 5.41) is 3.08. The molecule has 0 aliphatic carbocycles. The van der Waals surface area contributed by atoms with Gasteiger partial charge < -0.3 is 19.4 Å². The highest BCUT2D eigenvalue weighted by atomic mass is 16.5. The lowest BCUT2D eigenvalue weighted by molar-refractivity contribution is -0.126. The Hall–Kier alpha value is -2.18. The molecule has 0 spiro atoms. The van der Waals surface area contributed by atoms with Gasteiger partial charge >= 0.3 is 0 Å². The van der Waals surface area contributed by atoms with Crippen LogP contribution in [-0.4, -0.2) is 40.8 Å². The normalized spacial score (nSPS) is 20.0. The quantitative estimate of drug-likeness (QED) is 0.787. The molecule has 140 valence electrons. The molecule has 1 amide bonds. The average molecular weight is 357 g/mol. The van der Waals surface area contributed by atoms with Crippen LogP contribution in [0.5, 0.6) is 0 Å². The van der Waals surface area contributed by atoms with Crippen molar-refractivity contribution in [1.82, 2.24) is 14.9 Å². The van der Waals surface area contributed by atoms with Crippen LogP contribution in [0.15, 0.2) is 42.7 Å². The van der Waals surface area contributed by atoms with Gasteiger partial charge in [0.15, 0.2) is 0 Å². The Kier molecular flexibility index (Phi) is 6.80. The number of carbonyl (C=O) groups excluding carboxylic acids is 1. The molecule has 3 rings (SSSR count). The largest absolute Gasteiger partial charge is 0.379 e. The number of nitrogens with one attached hydrogen (secondary N) is 1. The molecule has 1 N–H and O–H groups in total. The summed E-state index contributed by atoms with van der Waals surface area (Å²) < 4.78 is 13.6. The summed E-state index contributed by atoms with van der Waals surface area (Å²) in [6.07, 6.45) is 5.75. The van der Waals surface area contributed by atoms with Crippen molar-refractivity contribution >= 4 is 5.91 Å². The number of benzene rings is 1. The van der Waals surface area contributed by atoms with Crippen molar-refractivity contribution in [3.05, 3.63) is 54.1 Å². The summed E-state index contributed by atoms with van der Waals surface area (Å²) >= 11 is 0. The van der Waals surface area contributed by atoms with E-state index in [1.54, 1.807) is 6.20 Å². The lowest BCUT2D eigenvalue weighted by atomic mass is 10.1. The van der Waals surface area contributed by atoms with Crippen molar-refractivity contribution in [3.63, 3.8) is 0 Å². The lowest BCUT2D eigenvalue weighted by Gasteiger charge is -2.32. The van der Waals surface area contributed by atoms with Crippen molar-refractivity contribution in [2.45, 2.75) is 51.5 Å². The molecule has 2 heterocycles. The number of ether oxygens (including phenoxy) is 2. The Bertz CT molecular complexity index is 687. The van der Waals surface area contributed by atoms with E-state index in [2.05, 4.69) is 17.2 Å². The van der Waals surface area contributed by atoms with E-state index in [-0.39, 0.29) is 18.1 Å². The summed E-state index contributed by atoms with van der Waals surface area (Å²) in [6.45, 7) is 4.41. The number of aromatic nitrogens is 2. The second kappa shape index (κ2) is 9.50. The number of aryl methyl sites for hydroxylation is 2. The molecule has 6 nitrogen and oxygen atoms in total. The molecule has 6 heteroatoms. The Morgan fingerprint density at radius 2 is 2.23 bits per heavy atom. The molecule has 1 saturated heterocycles. The van der Waals surface area contributed by atoms with Crippen LogP contribution in [0.3, 0.4) is 0 Å². The minimum atomic E-state index is -0.103. The van der Waals surface area contributed by atoms with Gasteiger partial charge in [0, 0.05) is 38.4 Å². The van der Waals surface area contributed by atoms with Crippen LogP contribution >= 0.6 is 0 Å². The molecular weight excluding hydrogens is 330 g/mol. The zero-order chi connectivity index (χ0) is 18.2. The second-order valence-corrected chi connectivity index (χ2v) is 6.51. The molecule has 1 aliphatic heterocycles. The van der Waals surface area contributed by atoms with Crippen molar-refractivity contribution in [3.8, 4) is 0 Å². The highest BCUT2D eigenvalue weighted by Crippen LogP contribution is 2.15. The molecule has 1 aliphatic rings. The first kappa shape index (κ1) is 18.6. The van der Waals surface area contributed by atoms with E-state index in [1.807, 2.05) is 41.1 Å². The lowest BCUT2D eigenvalue weighted by Crippen LogP contribution is -2.50. The second-order valence-electron chi connectivity index (χ2n) is 6.51. The predicted molar refractivity (Wildman–Crippen MR) is 98.6 cm³/mol. The van der Waals surface area contributed by atoms with Crippen LogP contribution in [0.25, 0.3) is 0 Å². The number of rotatable bonds is 8. The Morgan fingerprint density at radius 3 is 3.04 bits per heavy atom. The minimum Gasteiger partial charge on any atom is -0.379 e. The number of amides is 1. The molecule has 2 aromatic rings. The van der Waals surface area contributed by atoms with Gasteiger partial charge in [-0.05, 0) is 12.0 Å². The third-order valence-corrected chi connectivity index (χ3v) is 4.64. The first-order valence-corrected chi connectivity index (χ1v) is 9.29. The molecule has 0 radical (unpaired) electrons. The van der Waals surface area contributed by atoms with E-state index in [1.165, 1.54) is 0 Å². The standard InChI is InChI=1S/C20H27N3O3/c1-2-19-21-10-12-23(19)11-8-20(24)22-17-15-25-13-9-18(17)26-14-16-6-4-3-5-7-16/h3-7,10,12,17-18H,2,8-9,11,13-15H2,1H3,(H,22,24)/t17-,18+/m1/s1. The van der Waals surface area contributed by atoms with Gasteiger partial charge in [0.05, 0.1) is 25.4 Å². The fourth-order valence-corrected chi connectivity index (χ4v) is 3.19. The van der Waals surface area contributed by atoms with Crippen molar-refractivity contribution in [1.29, 1.82) is 0 Å². The minimum absolute atomic E-state index is 0.0181. The van der Waals surface area contributed by atoms with Gasteiger partial charge in [-0.3, -0.25) is 4.79 Å². The van der Waals surface area contributed by atoms with E-state index < -0.39 is 0 Å². The smallest absolute Gasteiger partial charge is 0.222 e. The van der Waals surface area contributed by atoms with Crippen molar-refractivity contribution in [2.75, 3.05) is 13.2 Å². The number of imidazole rings is 1. The first-order chi connectivity index (χ1) is 12.8. The van der Waals surface area contributed by atoms with Crippen LogP contribution in [0.1, 0.15) is 31.2 Å². The maximum Gasteiger partial charge on any atom is 0.222 e. The number of nitrogens with zero attached hydrogens (tertiary/aromatic N) is 2. The predicted octanol–water partition coefficient (Wildman–Crippen LogP) is 2.33. The summed E-state index contributed by atoms with van der Waals surface area (Å²) in [7, 11) is 0. The van der Waals surface area contributed by atoms with E-state index >= 15 is 0 Å². The molecule has 1 fully saturated rings. The van der Waals surface area contributed by atoms with Crippen molar-refractivity contribution < 1.29 is 14.3 Å². The third kappa shape index (κ3) is 5.16. The van der Waals surface area contributed by atoms with Gasteiger partial charge in [0.2, 0.25) is 5.91 Å². The SMILES string of the molecule is CCc1nccn1CCC(=O)N[C@@H]1COCC[C@@H]1OCc1ccccc1. The van der Waals surface area contributed by atoms with Crippen LogP contribution in [-0.2, 0) is 33.8 Å². The highest BCUT2D eigenvalue weighted by molar-refractivity contribution is 5.76. The van der Waals surface area contributed by atoms with Gasteiger partial charge in [-0.1, -0.05) is 37.3 Å². The number of hydrogen-bond donors (Lipinski definition) is 1. The summed E-state index contributed by atoms with van der Waals surface area (Å²) in [6, 6.07) is 9.98. The average Bonchev–Trinajstić information content (AvgIpc) is 3.14. The fourth-order valence-electron chi connectivity index (χ4n) is 3.19. The van der Waals surface area contributed by atoms with Gasteiger partial charge in [-0.25, -0.2) is 4.98 Å². The summed E-state index contributed by atoms with van der Waals surface area (Å²) in [5.41, 5.74) is 1.14. The number of carbonyl (C=O) groups is 1. The van der Waals surface area contributed by atoms with Crippen molar-refractivity contribution in [2.24, 2.45) is 0 Å². The van der Waals surface area contributed by atoms with E-state index in [9.17, 15) is 4.79 Å². The zero-order valence-corrected chi connectivity index (χ0v) is 15.3. The van der Waals surface area contributed by atoms with Gasteiger partial charge in [-0.2, -0.15) is 0 Å².